The molecular formula is C19H17N3O3S. The van der Waals surface area contributed by atoms with Crippen LogP contribution in [-0.2, 0) is 10.0 Å². The Balaban J connectivity index is 2.09. The molecule has 0 unspecified atom stereocenters. The number of amides is 1. The Morgan fingerprint density at radius 3 is 1.77 bits per heavy atom. The summed E-state index contributed by atoms with van der Waals surface area (Å²) in [5, 5.41) is 5.14. The largest absolute Gasteiger partial charge is 0.399 e. The Kier molecular flexibility index (Phi) is 4.75. The van der Waals surface area contributed by atoms with Crippen LogP contribution < -0.4 is 15.8 Å². The zero-order chi connectivity index (χ0) is 18.7. The zero-order valence-corrected chi connectivity index (χ0v) is 14.6. The van der Waals surface area contributed by atoms with Crippen molar-refractivity contribution in [2.75, 3.05) is 10.6 Å². The summed E-state index contributed by atoms with van der Waals surface area (Å²) in [6, 6.07) is 21.5. The van der Waals surface area contributed by atoms with Crippen LogP contribution in [0.3, 0.4) is 0 Å². The number of anilines is 3. The molecule has 0 bridgehead atoms. The molecule has 6 nitrogen and oxygen atoms in total. The van der Waals surface area contributed by atoms with Crippen molar-refractivity contribution < 1.29 is 13.2 Å². The van der Waals surface area contributed by atoms with Crippen LogP contribution in [0.2, 0.25) is 0 Å². The van der Waals surface area contributed by atoms with Crippen molar-refractivity contribution in [3.8, 4) is 0 Å². The molecule has 3 aromatic rings. The van der Waals surface area contributed by atoms with Crippen LogP contribution in [0.25, 0.3) is 0 Å². The number of benzene rings is 3. The molecule has 0 saturated heterocycles. The van der Waals surface area contributed by atoms with Crippen LogP contribution in [0.1, 0.15) is 10.4 Å². The first-order valence-corrected chi connectivity index (χ1v) is 9.29. The molecular weight excluding hydrogens is 350 g/mol. The van der Waals surface area contributed by atoms with Crippen molar-refractivity contribution in [1.29, 1.82) is 0 Å². The Labute approximate surface area is 151 Å². The van der Waals surface area contributed by atoms with E-state index in [1.54, 1.807) is 48.5 Å². The third-order valence-electron chi connectivity index (χ3n) is 3.80. The first-order valence-electron chi connectivity index (χ1n) is 7.74. The molecule has 0 radical (unpaired) electrons. The maximum atomic E-state index is 13.1. The molecule has 4 N–H and O–H groups in total. The maximum absolute atomic E-state index is 13.1. The van der Waals surface area contributed by atoms with Crippen LogP contribution in [0.4, 0.5) is 17.1 Å². The molecule has 0 atom stereocenters. The second-order valence-electron chi connectivity index (χ2n) is 5.64. The summed E-state index contributed by atoms with van der Waals surface area (Å²) >= 11 is 0. The summed E-state index contributed by atoms with van der Waals surface area (Å²) < 4.78 is 22.9. The van der Waals surface area contributed by atoms with Crippen LogP contribution in [0.15, 0.2) is 83.8 Å². The molecule has 0 aliphatic rings. The molecule has 0 aliphatic heterocycles. The molecule has 3 rings (SSSR count). The van der Waals surface area contributed by atoms with E-state index < -0.39 is 10.0 Å². The monoisotopic (exact) mass is 367 g/mol. The van der Waals surface area contributed by atoms with Gasteiger partial charge in [-0.25, -0.2) is 13.6 Å². The molecule has 0 aliphatic carbocycles. The van der Waals surface area contributed by atoms with Crippen LogP contribution in [-0.4, -0.2) is 14.3 Å². The number of carbonyl (C=O) groups excluding carboxylic acids is 1. The van der Waals surface area contributed by atoms with E-state index in [9.17, 15) is 13.2 Å². The van der Waals surface area contributed by atoms with Gasteiger partial charge in [-0.2, -0.15) is 0 Å². The molecule has 3 aromatic carbocycles. The predicted molar refractivity (Wildman–Crippen MR) is 102 cm³/mol. The quantitative estimate of drug-likeness (QED) is 0.691. The number of rotatable bonds is 4. The number of hydrogen-bond donors (Lipinski definition) is 2. The summed E-state index contributed by atoms with van der Waals surface area (Å²) in [7, 11) is -3.81. The predicted octanol–water partition coefficient (Wildman–Crippen LogP) is 2.89. The van der Waals surface area contributed by atoms with Gasteiger partial charge < -0.3 is 5.73 Å². The molecule has 0 heterocycles. The van der Waals surface area contributed by atoms with Gasteiger partial charge in [-0.15, -0.1) is 0 Å². The lowest BCUT2D eigenvalue weighted by Gasteiger charge is -2.23. The highest BCUT2D eigenvalue weighted by Gasteiger charge is 2.20. The number of primary sulfonamides is 1. The highest BCUT2D eigenvalue weighted by molar-refractivity contribution is 7.89. The Hall–Kier alpha value is -3.16. The fourth-order valence-electron chi connectivity index (χ4n) is 2.50. The van der Waals surface area contributed by atoms with Crippen LogP contribution in [0, 0.1) is 0 Å². The Morgan fingerprint density at radius 1 is 0.769 bits per heavy atom. The third kappa shape index (κ3) is 3.74. The molecule has 132 valence electrons. The van der Waals surface area contributed by atoms with E-state index in [0.29, 0.717) is 22.6 Å². The molecule has 0 aromatic heterocycles. The van der Waals surface area contributed by atoms with E-state index in [2.05, 4.69) is 0 Å². The molecule has 1 amide bonds. The lowest BCUT2D eigenvalue weighted by molar-refractivity contribution is 0.0999. The van der Waals surface area contributed by atoms with E-state index >= 15 is 0 Å². The average Bonchev–Trinajstić information content (AvgIpc) is 2.64. The highest BCUT2D eigenvalue weighted by atomic mass is 32.2. The number of nitrogens with zero attached hydrogens (tertiary/aromatic N) is 1. The summed E-state index contributed by atoms with van der Waals surface area (Å²) in [6.07, 6.45) is 0. The topological polar surface area (TPSA) is 106 Å². The van der Waals surface area contributed by atoms with Gasteiger partial charge in [-0.05, 0) is 60.7 Å². The van der Waals surface area contributed by atoms with Crippen molar-refractivity contribution in [1.82, 2.24) is 0 Å². The fraction of sp³-hybridized carbons (Fsp3) is 0. The number of carbonyl (C=O) groups is 1. The minimum absolute atomic E-state index is 0.0225. The molecule has 0 spiro atoms. The van der Waals surface area contributed by atoms with Gasteiger partial charge in [0.25, 0.3) is 5.91 Å². The summed E-state index contributed by atoms with van der Waals surface area (Å²) in [4.78, 5) is 14.5. The van der Waals surface area contributed by atoms with Crippen molar-refractivity contribution in [2.45, 2.75) is 4.90 Å². The van der Waals surface area contributed by atoms with E-state index in [1.807, 2.05) is 6.07 Å². The van der Waals surface area contributed by atoms with E-state index in [0.717, 1.165) is 0 Å². The first-order chi connectivity index (χ1) is 12.4. The molecule has 0 fully saturated rings. The second kappa shape index (κ2) is 6.99. The maximum Gasteiger partial charge on any atom is 0.262 e. The van der Waals surface area contributed by atoms with Gasteiger partial charge in [-0.1, -0.05) is 18.2 Å². The van der Waals surface area contributed by atoms with E-state index in [1.165, 1.54) is 29.2 Å². The van der Waals surface area contributed by atoms with Gasteiger partial charge in [-0.3, -0.25) is 9.69 Å². The average molecular weight is 367 g/mol. The smallest absolute Gasteiger partial charge is 0.262 e. The van der Waals surface area contributed by atoms with Gasteiger partial charge in [0.2, 0.25) is 10.0 Å². The highest BCUT2D eigenvalue weighted by Crippen LogP contribution is 2.29. The molecule has 26 heavy (non-hydrogen) atoms. The van der Waals surface area contributed by atoms with Crippen molar-refractivity contribution >= 4 is 33.0 Å². The minimum Gasteiger partial charge on any atom is -0.399 e. The van der Waals surface area contributed by atoms with Gasteiger partial charge in [0.05, 0.1) is 4.90 Å². The number of nitrogen functional groups attached to an aromatic ring is 1. The summed E-state index contributed by atoms with van der Waals surface area (Å²) in [6.45, 7) is 0. The standard InChI is InChI=1S/C19H17N3O3S/c20-15-6-8-16(9-7-15)22(19(23)14-4-2-1-3-5-14)17-10-12-18(13-11-17)26(21,24)25/h1-13H,20H2,(H2,21,24,25). The Bertz CT molecular complexity index is 1020. The van der Waals surface area contributed by atoms with Crippen molar-refractivity contribution in [3.05, 3.63) is 84.4 Å². The fourth-order valence-corrected chi connectivity index (χ4v) is 3.02. The minimum atomic E-state index is -3.81. The lowest BCUT2D eigenvalue weighted by Crippen LogP contribution is -2.26. The molecule has 0 saturated carbocycles. The first kappa shape index (κ1) is 17.7. The molecule has 7 heteroatoms. The van der Waals surface area contributed by atoms with Crippen molar-refractivity contribution in [3.63, 3.8) is 0 Å². The SMILES string of the molecule is Nc1ccc(N(C(=O)c2ccccc2)c2ccc(S(N)(=O)=O)cc2)cc1. The van der Waals surface area contributed by atoms with E-state index in [-0.39, 0.29) is 10.8 Å². The number of sulfonamides is 1. The number of hydrogen-bond acceptors (Lipinski definition) is 4. The van der Waals surface area contributed by atoms with E-state index in [4.69, 9.17) is 10.9 Å². The van der Waals surface area contributed by atoms with Gasteiger partial charge in [0.1, 0.15) is 0 Å². The van der Waals surface area contributed by atoms with Gasteiger partial charge >= 0.3 is 0 Å². The van der Waals surface area contributed by atoms with Gasteiger partial charge in [0.15, 0.2) is 0 Å². The van der Waals surface area contributed by atoms with Crippen molar-refractivity contribution in [2.24, 2.45) is 5.14 Å². The van der Waals surface area contributed by atoms with Crippen LogP contribution in [0.5, 0.6) is 0 Å². The summed E-state index contributed by atoms with van der Waals surface area (Å²) in [5.74, 6) is -0.251. The number of nitrogens with two attached hydrogens (primary N) is 2. The summed E-state index contributed by atoms with van der Waals surface area (Å²) in [5.41, 5.74) is 7.93. The third-order valence-corrected chi connectivity index (χ3v) is 4.73. The zero-order valence-electron chi connectivity index (χ0n) is 13.7. The second-order valence-corrected chi connectivity index (χ2v) is 7.20. The normalized spacial score (nSPS) is 11.1. The van der Waals surface area contributed by atoms with Crippen LogP contribution >= 0.6 is 0 Å². The Morgan fingerprint density at radius 2 is 1.27 bits per heavy atom. The lowest BCUT2D eigenvalue weighted by atomic mass is 10.1. The van der Waals surface area contributed by atoms with Gasteiger partial charge in [0, 0.05) is 22.6 Å².